The molecule has 27 heavy (non-hydrogen) atoms. The Labute approximate surface area is 157 Å². The maximum Gasteiger partial charge on any atom is 0.257 e. The molecule has 6 heteroatoms. The maximum atomic E-state index is 12.9. The molecule has 3 rings (SSSR count). The van der Waals surface area contributed by atoms with Gasteiger partial charge < -0.3 is 15.5 Å². The molecule has 2 N–H and O–H groups in total. The number of hydrogen-bond acceptors (Lipinski definition) is 4. The summed E-state index contributed by atoms with van der Waals surface area (Å²) in [5.74, 6) is -0.394. The summed E-state index contributed by atoms with van der Waals surface area (Å²) < 4.78 is 0. The van der Waals surface area contributed by atoms with E-state index >= 15 is 0 Å². The fourth-order valence-corrected chi connectivity index (χ4v) is 2.74. The van der Waals surface area contributed by atoms with E-state index in [2.05, 4.69) is 15.6 Å². The van der Waals surface area contributed by atoms with Crippen molar-refractivity contribution in [3.05, 3.63) is 78.6 Å². The summed E-state index contributed by atoms with van der Waals surface area (Å²) in [7, 11) is 1.90. The number of rotatable bonds is 5. The molecule has 0 spiro atoms. The number of carbonyl (C=O) groups excluding carboxylic acids is 2. The molecule has 2 amide bonds. The van der Waals surface area contributed by atoms with Gasteiger partial charge >= 0.3 is 0 Å². The monoisotopic (exact) mass is 360 g/mol. The van der Waals surface area contributed by atoms with E-state index < -0.39 is 0 Å². The number of nitrogens with zero attached hydrogens (tertiary/aromatic N) is 2. The van der Waals surface area contributed by atoms with Crippen LogP contribution < -0.4 is 15.5 Å². The number of pyridine rings is 1. The third-order valence-electron chi connectivity index (χ3n) is 4.00. The zero-order valence-electron chi connectivity index (χ0n) is 15.1. The second-order valence-electron chi connectivity index (χ2n) is 6.00. The number of carbonyl (C=O) groups is 2. The first kappa shape index (κ1) is 18.1. The third kappa shape index (κ3) is 4.49. The van der Waals surface area contributed by atoms with Crippen LogP contribution >= 0.6 is 0 Å². The second-order valence-corrected chi connectivity index (χ2v) is 6.00. The predicted molar refractivity (Wildman–Crippen MR) is 107 cm³/mol. The van der Waals surface area contributed by atoms with Crippen LogP contribution in [0.5, 0.6) is 0 Å². The van der Waals surface area contributed by atoms with E-state index in [0.29, 0.717) is 16.9 Å². The minimum Gasteiger partial charge on any atom is -0.344 e. The van der Waals surface area contributed by atoms with Gasteiger partial charge in [0.1, 0.15) is 0 Å². The van der Waals surface area contributed by atoms with Gasteiger partial charge in [-0.1, -0.05) is 18.2 Å². The molecule has 1 heterocycles. The van der Waals surface area contributed by atoms with Gasteiger partial charge in [-0.05, 0) is 42.5 Å². The molecule has 0 saturated carbocycles. The van der Waals surface area contributed by atoms with Crippen LogP contribution in [-0.2, 0) is 4.79 Å². The van der Waals surface area contributed by atoms with Crippen LogP contribution in [0.4, 0.5) is 22.7 Å². The number of anilines is 4. The molecule has 0 aliphatic carbocycles. The van der Waals surface area contributed by atoms with E-state index in [1.54, 1.807) is 42.7 Å². The quantitative estimate of drug-likeness (QED) is 0.719. The smallest absolute Gasteiger partial charge is 0.257 e. The van der Waals surface area contributed by atoms with Crippen molar-refractivity contribution in [1.82, 2.24) is 4.98 Å². The fraction of sp³-hybridized carbons (Fsp3) is 0.0952. The molecular formula is C21H20N4O2. The van der Waals surface area contributed by atoms with Gasteiger partial charge in [-0.25, -0.2) is 0 Å². The van der Waals surface area contributed by atoms with Gasteiger partial charge in [0.15, 0.2) is 0 Å². The number of hydrogen-bond donors (Lipinski definition) is 2. The molecular weight excluding hydrogens is 340 g/mol. The number of benzene rings is 2. The highest BCUT2D eigenvalue weighted by molar-refractivity contribution is 6.08. The summed E-state index contributed by atoms with van der Waals surface area (Å²) in [6, 6.07) is 18.2. The summed E-state index contributed by atoms with van der Waals surface area (Å²) in [5.41, 5.74) is 3.48. The zero-order valence-corrected chi connectivity index (χ0v) is 15.1. The minimum atomic E-state index is -0.230. The standard InChI is InChI=1S/C21H20N4O2/c1-15(26)23-16-6-5-7-17(14-16)24-21(27)19-8-3-4-9-20(19)25(2)18-10-12-22-13-11-18/h3-14H,1-2H3,(H,23,26)(H,24,27). The van der Waals surface area contributed by atoms with Gasteiger partial charge in [0.05, 0.1) is 11.3 Å². The van der Waals surface area contributed by atoms with Crippen molar-refractivity contribution >= 4 is 34.6 Å². The molecule has 3 aromatic rings. The predicted octanol–water partition coefficient (Wildman–Crippen LogP) is 4.06. The van der Waals surface area contributed by atoms with Gasteiger partial charge in [0.2, 0.25) is 5.91 Å². The average Bonchev–Trinajstić information content (AvgIpc) is 2.68. The SMILES string of the molecule is CC(=O)Nc1cccc(NC(=O)c2ccccc2N(C)c2ccncc2)c1. The average molecular weight is 360 g/mol. The Morgan fingerprint density at radius 1 is 0.889 bits per heavy atom. The molecule has 0 unspecified atom stereocenters. The molecule has 1 aromatic heterocycles. The van der Waals surface area contributed by atoms with Crippen LogP contribution in [0.2, 0.25) is 0 Å². The Morgan fingerprint density at radius 2 is 1.56 bits per heavy atom. The highest BCUT2D eigenvalue weighted by Gasteiger charge is 2.15. The fourth-order valence-electron chi connectivity index (χ4n) is 2.74. The Morgan fingerprint density at radius 3 is 2.26 bits per heavy atom. The molecule has 0 fully saturated rings. The minimum absolute atomic E-state index is 0.164. The van der Waals surface area contributed by atoms with Crippen molar-refractivity contribution in [1.29, 1.82) is 0 Å². The number of aromatic nitrogens is 1. The maximum absolute atomic E-state index is 12.9. The molecule has 0 bridgehead atoms. The normalized spacial score (nSPS) is 10.1. The van der Waals surface area contributed by atoms with E-state index in [0.717, 1.165) is 11.4 Å². The molecule has 136 valence electrons. The molecule has 0 atom stereocenters. The first-order valence-electron chi connectivity index (χ1n) is 8.46. The second kappa shape index (κ2) is 8.14. The Bertz CT molecular complexity index is 957. The summed E-state index contributed by atoms with van der Waals surface area (Å²) in [6.45, 7) is 1.44. The number of nitrogens with one attached hydrogen (secondary N) is 2. The van der Waals surface area contributed by atoms with E-state index in [1.807, 2.05) is 42.3 Å². The van der Waals surface area contributed by atoms with Crippen LogP contribution in [0.25, 0.3) is 0 Å². The van der Waals surface area contributed by atoms with Crippen LogP contribution in [-0.4, -0.2) is 23.8 Å². The molecule has 6 nitrogen and oxygen atoms in total. The van der Waals surface area contributed by atoms with Gasteiger partial charge in [0, 0.05) is 43.4 Å². The van der Waals surface area contributed by atoms with Crippen molar-refractivity contribution in [2.45, 2.75) is 6.92 Å². The van der Waals surface area contributed by atoms with Crippen LogP contribution in [0.15, 0.2) is 73.1 Å². The van der Waals surface area contributed by atoms with E-state index in [1.165, 1.54) is 6.92 Å². The van der Waals surface area contributed by atoms with Crippen molar-refractivity contribution in [3.63, 3.8) is 0 Å². The molecule has 0 radical (unpaired) electrons. The Kier molecular flexibility index (Phi) is 5.47. The Hall–Kier alpha value is -3.67. The van der Waals surface area contributed by atoms with Crippen molar-refractivity contribution < 1.29 is 9.59 Å². The number of amides is 2. The lowest BCUT2D eigenvalue weighted by Crippen LogP contribution is -2.18. The summed E-state index contributed by atoms with van der Waals surface area (Å²) >= 11 is 0. The lowest BCUT2D eigenvalue weighted by atomic mass is 10.1. The van der Waals surface area contributed by atoms with E-state index in [-0.39, 0.29) is 11.8 Å². The molecule has 0 aliphatic rings. The summed E-state index contributed by atoms with van der Waals surface area (Å²) in [4.78, 5) is 30.0. The van der Waals surface area contributed by atoms with Crippen molar-refractivity contribution in [3.8, 4) is 0 Å². The van der Waals surface area contributed by atoms with Crippen LogP contribution in [0.3, 0.4) is 0 Å². The number of para-hydroxylation sites is 1. The van der Waals surface area contributed by atoms with E-state index in [9.17, 15) is 9.59 Å². The molecule has 0 saturated heterocycles. The van der Waals surface area contributed by atoms with Gasteiger partial charge in [-0.2, -0.15) is 0 Å². The third-order valence-corrected chi connectivity index (χ3v) is 4.00. The van der Waals surface area contributed by atoms with Crippen molar-refractivity contribution in [2.75, 3.05) is 22.6 Å². The van der Waals surface area contributed by atoms with Crippen LogP contribution in [0.1, 0.15) is 17.3 Å². The lowest BCUT2D eigenvalue weighted by molar-refractivity contribution is -0.114. The Balaban J connectivity index is 1.85. The van der Waals surface area contributed by atoms with E-state index in [4.69, 9.17) is 0 Å². The largest absolute Gasteiger partial charge is 0.344 e. The van der Waals surface area contributed by atoms with Gasteiger partial charge in [0.25, 0.3) is 5.91 Å². The zero-order chi connectivity index (χ0) is 19.2. The molecule has 2 aromatic carbocycles. The topological polar surface area (TPSA) is 74.3 Å². The van der Waals surface area contributed by atoms with Gasteiger partial charge in [-0.15, -0.1) is 0 Å². The summed E-state index contributed by atoms with van der Waals surface area (Å²) in [5, 5.41) is 5.59. The first-order chi connectivity index (χ1) is 13.0. The first-order valence-corrected chi connectivity index (χ1v) is 8.46. The lowest BCUT2D eigenvalue weighted by Gasteiger charge is -2.22. The van der Waals surface area contributed by atoms with Gasteiger partial charge in [-0.3, -0.25) is 14.6 Å². The van der Waals surface area contributed by atoms with Crippen molar-refractivity contribution in [2.24, 2.45) is 0 Å². The molecule has 0 aliphatic heterocycles. The van der Waals surface area contributed by atoms with Crippen LogP contribution in [0, 0.1) is 0 Å². The highest BCUT2D eigenvalue weighted by Crippen LogP contribution is 2.27. The summed E-state index contributed by atoms with van der Waals surface area (Å²) in [6.07, 6.45) is 3.42. The highest BCUT2D eigenvalue weighted by atomic mass is 16.2.